The van der Waals surface area contributed by atoms with Gasteiger partial charge in [-0.1, -0.05) is 12.2 Å². The van der Waals surface area contributed by atoms with Gasteiger partial charge in [0.1, 0.15) is 0 Å². The van der Waals surface area contributed by atoms with E-state index in [9.17, 15) is 4.79 Å². The lowest BCUT2D eigenvalue weighted by Crippen LogP contribution is -2.03. The topological polar surface area (TPSA) is 89.1 Å². The Hall–Kier alpha value is -1.75. The van der Waals surface area contributed by atoms with Gasteiger partial charge in [0.05, 0.1) is 0 Å². The van der Waals surface area contributed by atoms with Crippen LogP contribution in [0.2, 0.25) is 0 Å². The van der Waals surface area contributed by atoms with Gasteiger partial charge in [-0.3, -0.25) is 0 Å². The number of rotatable bonds is 4. The van der Waals surface area contributed by atoms with E-state index in [1.54, 1.807) is 6.08 Å². The number of aromatic carboxylic acids is 1. The lowest BCUT2D eigenvalue weighted by atomic mass is 10.3. The number of carbonyl (C=O) groups is 1. The highest BCUT2D eigenvalue weighted by atomic mass is 16.4. The van der Waals surface area contributed by atoms with Crippen molar-refractivity contribution in [1.82, 2.24) is 9.97 Å². The Labute approximate surface area is 81.3 Å². The molecule has 0 aromatic carbocycles. The summed E-state index contributed by atoms with van der Waals surface area (Å²) in [5, 5.41) is 8.53. The van der Waals surface area contributed by atoms with Crippen molar-refractivity contribution in [3.8, 4) is 0 Å². The molecule has 0 aliphatic rings. The molecule has 0 amide bonds. The summed E-state index contributed by atoms with van der Waals surface area (Å²) in [5.41, 5.74) is 6.06. The van der Waals surface area contributed by atoms with Crippen LogP contribution in [0.4, 0.5) is 0 Å². The first-order valence-corrected chi connectivity index (χ1v) is 4.16. The lowest BCUT2D eigenvalue weighted by Gasteiger charge is -1.93. The van der Waals surface area contributed by atoms with E-state index in [2.05, 4.69) is 9.97 Å². The summed E-state index contributed by atoms with van der Waals surface area (Å²) in [6.45, 7) is 0.588. The first-order valence-electron chi connectivity index (χ1n) is 4.16. The third-order valence-electron chi connectivity index (χ3n) is 1.51. The molecule has 1 rings (SSSR count). The van der Waals surface area contributed by atoms with Crippen molar-refractivity contribution in [2.24, 2.45) is 5.73 Å². The Balaban J connectivity index is 2.68. The Morgan fingerprint density at radius 2 is 2.14 bits per heavy atom. The van der Waals surface area contributed by atoms with E-state index in [-0.39, 0.29) is 5.82 Å². The molecule has 0 saturated carbocycles. The van der Waals surface area contributed by atoms with Gasteiger partial charge in [0.2, 0.25) is 5.82 Å². The smallest absolute Gasteiger partial charge is 0.373 e. The van der Waals surface area contributed by atoms with Gasteiger partial charge in [-0.15, -0.1) is 0 Å². The minimum absolute atomic E-state index is 0.194. The number of carboxylic acid groups (broad SMARTS) is 1. The van der Waals surface area contributed by atoms with Crippen molar-refractivity contribution in [3.05, 3.63) is 29.9 Å². The van der Waals surface area contributed by atoms with Gasteiger partial charge in [0.15, 0.2) is 0 Å². The molecule has 0 unspecified atom stereocenters. The molecule has 0 aliphatic heterocycles. The van der Waals surface area contributed by atoms with Crippen LogP contribution in [0.25, 0.3) is 6.08 Å². The second kappa shape index (κ2) is 5.08. The summed E-state index contributed by atoms with van der Waals surface area (Å²) in [7, 11) is 0. The number of aromatic nitrogens is 2. The minimum Gasteiger partial charge on any atom is -0.475 e. The van der Waals surface area contributed by atoms with Crippen molar-refractivity contribution >= 4 is 12.0 Å². The normalized spacial score (nSPS) is 10.6. The predicted octanol–water partition coefficient (Wildman–Crippen LogP) is 0.537. The first-order chi connectivity index (χ1) is 6.74. The van der Waals surface area contributed by atoms with Gasteiger partial charge in [-0.25, -0.2) is 14.8 Å². The van der Waals surface area contributed by atoms with E-state index in [1.807, 2.05) is 6.08 Å². The van der Waals surface area contributed by atoms with Gasteiger partial charge < -0.3 is 10.8 Å². The van der Waals surface area contributed by atoms with Crippen LogP contribution in [0.3, 0.4) is 0 Å². The number of nitrogens with zero attached hydrogens (tertiary/aromatic N) is 2. The van der Waals surface area contributed by atoms with Crippen molar-refractivity contribution in [1.29, 1.82) is 0 Å². The van der Waals surface area contributed by atoms with Crippen LogP contribution in [0.15, 0.2) is 18.5 Å². The van der Waals surface area contributed by atoms with Crippen molar-refractivity contribution in [2.75, 3.05) is 6.54 Å². The Bertz CT molecular complexity index is 332. The van der Waals surface area contributed by atoms with Crippen LogP contribution in [0, 0.1) is 0 Å². The molecule has 1 heterocycles. The van der Waals surface area contributed by atoms with Crippen LogP contribution in [0.5, 0.6) is 0 Å². The molecule has 0 bridgehead atoms. The molecule has 0 spiro atoms. The monoisotopic (exact) mass is 193 g/mol. The van der Waals surface area contributed by atoms with Crippen LogP contribution >= 0.6 is 0 Å². The molecule has 5 heteroatoms. The summed E-state index contributed by atoms with van der Waals surface area (Å²) < 4.78 is 0. The lowest BCUT2D eigenvalue weighted by molar-refractivity contribution is 0.0683. The highest BCUT2D eigenvalue weighted by Gasteiger charge is 2.03. The average Bonchev–Trinajstić information content (AvgIpc) is 2.19. The average molecular weight is 193 g/mol. The highest BCUT2D eigenvalue weighted by molar-refractivity contribution is 5.82. The van der Waals surface area contributed by atoms with Gasteiger partial charge in [0, 0.05) is 18.0 Å². The Morgan fingerprint density at radius 1 is 1.50 bits per heavy atom. The molecule has 14 heavy (non-hydrogen) atoms. The molecule has 0 saturated heterocycles. The maximum atomic E-state index is 10.4. The number of carboxylic acids is 1. The number of hydrogen-bond acceptors (Lipinski definition) is 4. The molecule has 0 atom stereocenters. The summed E-state index contributed by atoms with van der Waals surface area (Å²) in [4.78, 5) is 17.7. The summed E-state index contributed by atoms with van der Waals surface area (Å²) in [6.07, 6.45) is 7.39. The Morgan fingerprint density at radius 3 is 2.64 bits per heavy atom. The molecule has 1 aromatic rings. The molecule has 0 fully saturated rings. The van der Waals surface area contributed by atoms with E-state index in [0.29, 0.717) is 6.54 Å². The minimum atomic E-state index is -1.12. The van der Waals surface area contributed by atoms with Crippen molar-refractivity contribution < 1.29 is 9.90 Å². The zero-order chi connectivity index (χ0) is 10.4. The standard InChI is InChI=1S/C9H11N3O2/c10-4-2-1-3-7-5-11-8(9(13)14)12-6-7/h1,3,5-6H,2,4,10H2,(H,13,14). The highest BCUT2D eigenvalue weighted by Crippen LogP contribution is 1.99. The van der Waals surface area contributed by atoms with Gasteiger partial charge in [-0.2, -0.15) is 0 Å². The fraction of sp³-hybridized carbons (Fsp3) is 0.222. The third-order valence-corrected chi connectivity index (χ3v) is 1.51. The molecule has 5 nitrogen and oxygen atoms in total. The largest absolute Gasteiger partial charge is 0.475 e. The molecule has 1 aromatic heterocycles. The number of nitrogens with two attached hydrogens (primary N) is 1. The first kappa shape index (κ1) is 10.3. The van der Waals surface area contributed by atoms with Crippen molar-refractivity contribution in [2.45, 2.75) is 6.42 Å². The van der Waals surface area contributed by atoms with Crippen LogP contribution in [-0.4, -0.2) is 27.6 Å². The summed E-state index contributed by atoms with van der Waals surface area (Å²) in [6, 6.07) is 0. The molecule has 74 valence electrons. The second-order valence-corrected chi connectivity index (χ2v) is 2.62. The zero-order valence-corrected chi connectivity index (χ0v) is 7.55. The van der Waals surface area contributed by atoms with E-state index in [0.717, 1.165) is 12.0 Å². The molecule has 0 aliphatic carbocycles. The van der Waals surface area contributed by atoms with E-state index in [1.165, 1.54) is 12.4 Å². The summed E-state index contributed by atoms with van der Waals surface area (Å²) in [5.74, 6) is -1.32. The molecular formula is C9H11N3O2. The van der Waals surface area contributed by atoms with Gasteiger partial charge in [0.25, 0.3) is 0 Å². The van der Waals surface area contributed by atoms with Gasteiger partial charge in [-0.05, 0) is 13.0 Å². The maximum Gasteiger partial charge on any atom is 0.373 e. The Kier molecular flexibility index (Phi) is 3.75. The fourth-order valence-corrected chi connectivity index (χ4v) is 0.850. The molecule has 0 radical (unpaired) electrons. The zero-order valence-electron chi connectivity index (χ0n) is 7.55. The van der Waals surface area contributed by atoms with E-state index < -0.39 is 5.97 Å². The van der Waals surface area contributed by atoms with Gasteiger partial charge >= 0.3 is 5.97 Å². The van der Waals surface area contributed by atoms with Crippen LogP contribution < -0.4 is 5.73 Å². The maximum absolute atomic E-state index is 10.4. The summed E-state index contributed by atoms with van der Waals surface area (Å²) >= 11 is 0. The molecule has 3 N–H and O–H groups in total. The van der Waals surface area contributed by atoms with Crippen molar-refractivity contribution in [3.63, 3.8) is 0 Å². The number of hydrogen-bond donors (Lipinski definition) is 2. The van der Waals surface area contributed by atoms with E-state index in [4.69, 9.17) is 10.8 Å². The SMILES string of the molecule is NCCC=Cc1cnc(C(=O)O)nc1. The second-order valence-electron chi connectivity index (χ2n) is 2.62. The predicted molar refractivity (Wildman–Crippen MR) is 51.7 cm³/mol. The quantitative estimate of drug-likeness (QED) is 0.728. The third kappa shape index (κ3) is 2.95. The van der Waals surface area contributed by atoms with Crippen LogP contribution in [-0.2, 0) is 0 Å². The molecular weight excluding hydrogens is 182 g/mol. The van der Waals surface area contributed by atoms with E-state index >= 15 is 0 Å². The van der Waals surface area contributed by atoms with Crippen LogP contribution in [0.1, 0.15) is 22.6 Å². The fourth-order valence-electron chi connectivity index (χ4n) is 0.850.